The first-order valence-corrected chi connectivity index (χ1v) is 5.20. The summed E-state index contributed by atoms with van der Waals surface area (Å²) in [6.45, 7) is 0. The summed E-state index contributed by atoms with van der Waals surface area (Å²) < 4.78 is 5.24. The summed E-state index contributed by atoms with van der Waals surface area (Å²) in [7, 11) is 1.57. The van der Waals surface area contributed by atoms with Crippen molar-refractivity contribution in [2.45, 2.75) is 0 Å². The van der Waals surface area contributed by atoms with Crippen molar-refractivity contribution in [2.75, 3.05) is 7.11 Å². The maximum atomic E-state index is 9.08. The van der Waals surface area contributed by atoms with Crippen molar-refractivity contribution < 1.29 is 4.74 Å². The lowest BCUT2D eigenvalue weighted by atomic mass is 10.0. The van der Waals surface area contributed by atoms with Crippen LogP contribution in [0.1, 0.15) is 5.56 Å². The lowest BCUT2D eigenvalue weighted by Crippen LogP contribution is -1.94. The van der Waals surface area contributed by atoms with Gasteiger partial charge in [-0.15, -0.1) is 5.10 Å². The van der Waals surface area contributed by atoms with Crippen molar-refractivity contribution in [3.63, 3.8) is 0 Å². The van der Waals surface area contributed by atoms with E-state index < -0.39 is 0 Å². The second-order valence-corrected chi connectivity index (χ2v) is 3.59. The predicted molar refractivity (Wildman–Crippen MR) is 63.7 cm³/mol. The van der Waals surface area contributed by atoms with Gasteiger partial charge in [-0.05, 0) is 6.07 Å². The van der Waals surface area contributed by atoms with Gasteiger partial charge in [0, 0.05) is 11.1 Å². The van der Waals surface area contributed by atoms with Gasteiger partial charge in [-0.2, -0.15) is 10.4 Å². The third-order valence-electron chi connectivity index (χ3n) is 2.32. The Balaban J connectivity index is 2.69. The number of hydrogen-bond donors (Lipinski definition) is 0. The van der Waals surface area contributed by atoms with Crippen LogP contribution in [0.2, 0.25) is 5.15 Å². The molecule has 0 aliphatic carbocycles. The van der Waals surface area contributed by atoms with Gasteiger partial charge < -0.3 is 4.74 Å². The zero-order valence-corrected chi connectivity index (χ0v) is 9.77. The van der Waals surface area contributed by atoms with Crippen LogP contribution in [0.4, 0.5) is 0 Å². The van der Waals surface area contributed by atoms with E-state index >= 15 is 0 Å². The maximum absolute atomic E-state index is 9.08. The molecule has 1 heterocycles. The predicted octanol–water partition coefficient (Wildman–Crippen LogP) is 2.68. The Morgan fingerprint density at radius 3 is 2.76 bits per heavy atom. The number of aromatic nitrogens is 2. The number of hydrogen-bond acceptors (Lipinski definition) is 4. The molecule has 1 aromatic carbocycles. The Morgan fingerprint density at radius 1 is 1.29 bits per heavy atom. The first-order valence-electron chi connectivity index (χ1n) is 4.82. The maximum Gasteiger partial charge on any atom is 0.170 e. The summed E-state index contributed by atoms with van der Waals surface area (Å²) in [5.74, 6) is 0.660. The average Bonchev–Trinajstić information content (AvgIpc) is 2.38. The second-order valence-electron chi connectivity index (χ2n) is 3.24. The number of halogens is 1. The third kappa shape index (κ3) is 2.05. The fourth-order valence-corrected chi connectivity index (χ4v) is 1.73. The van der Waals surface area contributed by atoms with Crippen LogP contribution in [0.25, 0.3) is 11.1 Å². The van der Waals surface area contributed by atoms with Crippen LogP contribution in [0.15, 0.2) is 30.5 Å². The zero-order chi connectivity index (χ0) is 12.3. The molecule has 17 heavy (non-hydrogen) atoms. The molecule has 4 nitrogen and oxygen atoms in total. The smallest absolute Gasteiger partial charge is 0.170 e. The van der Waals surface area contributed by atoms with E-state index in [0.717, 1.165) is 5.56 Å². The van der Waals surface area contributed by atoms with Gasteiger partial charge in [0.1, 0.15) is 17.4 Å². The number of nitrogens with zero attached hydrogens (tertiary/aromatic N) is 3. The molecule has 0 aliphatic heterocycles. The molecule has 0 radical (unpaired) electrons. The molecule has 0 bridgehead atoms. The number of methoxy groups -OCH3 is 1. The van der Waals surface area contributed by atoms with Crippen LogP contribution in [0, 0.1) is 11.3 Å². The summed E-state index contributed by atoms with van der Waals surface area (Å²) in [5.41, 5.74) is 1.68. The number of nitriles is 1. The van der Waals surface area contributed by atoms with Crippen LogP contribution >= 0.6 is 11.6 Å². The molecule has 0 unspecified atom stereocenters. The second kappa shape index (κ2) is 4.81. The average molecular weight is 246 g/mol. The standard InChI is InChI=1S/C12H8ClN3O/c1-17-11-5-3-2-4-8(11)10-7-15-16-12(13)9(10)6-14/h2-5,7H,1H3. The fraction of sp³-hybridized carbons (Fsp3) is 0.0833. The highest BCUT2D eigenvalue weighted by molar-refractivity contribution is 6.30. The van der Waals surface area contributed by atoms with Crippen molar-refractivity contribution >= 4 is 11.6 Å². The lowest BCUT2D eigenvalue weighted by Gasteiger charge is -2.09. The van der Waals surface area contributed by atoms with E-state index in [1.54, 1.807) is 7.11 Å². The molecule has 0 atom stereocenters. The molecular weight excluding hydrogens is 238 g/mol. The molecule has 0 amide bonds. The molecular formula is C12H8ClN3O. The van der Waals surface area contributed by atoms with E-state index in [-0.39, 0.29) is 5.15 Å². The van der Waals surface area contributed by atoms with E-state index in [4.69, 9.17) is 21.6 Å². The highest BCUT2D eigenvalue weighted by Gasteiger charge is 2.13. The van der Waals surface area contributed by atoms with Crippen LogP contribution in [0.3, 0.4) is 0 Å². The highest BCUT2D eigenvalue weighted by atomic mass is 35.5. The van der Waals surface area contributed by atoms with Crippen molar-refractivity contribution in [2.24, 2.45) is 0 Å². The van der Waals surface area contributed by atoms with Gasteiger partial charge in [0.05, 0.1) is 13.3 Å². The lowest BCUT2D eigenvalue weighted by molar-refractivity contribution is 0.416. The summed E-state index contributed by atoms with van der Waals surface area (Å²) in [6, 6.07) is 9.38. The largest absolute Gasteiger partial charge is 0.496 e. The van der Waals surface area contributed by atoms with Crippen LogP contribution in [-0.2, 0) is 0 Å². The topological polar surface area (TPSA) is 58.8 Å². The third-order valence-corrected chi connectivity index (χ3v) is 2.58. The van der Waals surface area contributed by atoms with E-state index in [9.17, 15) is 0 Å². The molecule has 0 saturated heterocycles. The zero-order valence-electron chi connectivity index (χ0n) is 9.01. The summed E-state index contributed by atoms with van der Waals surface area (Å²) >= 11 is 5.84. The number of para-hydroxylation sites is 1. The number of rotatable bonds is 2. The van der Waals surface area contributed by atoms with Crippen LogP contribution < -0.4 is 4.74 Å². The molecule has 2 rings (SSSR count). The highest BCUT2D eigenvalue weighted by Crippen LogP contribution is 2.32. The first kappa shape index (κ1) is 11.4. The van der Waals surface area contributed by atoms with Crippen LogP contribution in [0.5, 0.6) is 5.75 Å². The fourth-order valence-electron chi connectivity index (χ4n) is 1.54. The Labute approximate surface area is 103 Å². The minimum Gasteiger partial charge on any atom is -0.496 e. The number of benzene rings is 1. The van der Waals surface area contributed by atoms with Gasteiger partial charge in [0.15, 0.2) is 5.15 Å². The van der Waals surface area contributed by atoms with Gasteiger partial charge in [0.2, 0.25) is 0 Å². The SMILES string of the molecule is COc1ccccc1-c1cnnc(Cl)c1C#N. The monoisotopic (exact) mass is 245 g/mol. The van der Waals surface area contributed by atoms with E-state index in [1.165, 1.54) is 6.20 Å². The number of ether oxygens (including phenoxy) is 1. The Hall–Kier alpha value is -2.12. The summed E-state index contributed by atoms with van der Waals surface area (Å²) in [5, 5.41) is 16.6. The molecule has 5 heteroatoms. The molecule has 0 spiro atoms. The molecule has 0 aliphatic rings. The molecule has 0 N–H and O–H groups in total. The summed E-state index contributed by atoms with van der Waals surface area (Å²) in [4.78, 5) is 0. The molecule has 84 valence electrons. The quantitative estimate of drug-likeness (QED) is 0.816. The van der Waals surface area contributed by atoms with Crippen molar-refractivity contribution in [1.29, 1.82) is 5.26 Å². The van der Waals surface area contributed by atoms with Gasteiger partial charge in [0.25, 0.3) is 0 Å². The normalized spacial score (nSPS) is 9.71. The van der Waals surface area contributed by atoms with Gasteiger partial charge in [-0.3, -0.25) is 0 Å². The minimum absolute atomic E-state index is 0.0934. The first-order chi connectivity index (χ1) is 8.27. The van der Waals surface area contributed by atoms with Gasteiger partial charge in [-0.1, -0.05) is 29.8 Å². The van der Waals surface area contributed by atoms with Crippen molar-refractivity contribution in [3.05, 3.63) is 41.2 Å². The molecule has 0 saturated carbocycles. The Kier molecular flexibility index (Phi) is 3.22. The molecule has 2 aromatic rings. The summed E-state index contributed by atoms with van der Waals surface area (Å²) in [6.07, 6.45) is 1.50. The minimum atomic E-state index is 0.0934. The van der Waals surface area contributed by atoms with Crippen molar-refractivity contribution in [3.8, 4) is 22.9 Å². The van der Waals surface area contributed by atoms with Gasteiger partial charge >= 0.3 is 0 Å². The Morgan fingerprint density at radius 2 is 2.06 bits per heavy atom. The van der Waals surface area contributed by atoms with Crippen LogP contribution in [-0.4, -0.2) is 17.3 Å². The molecule has 1 aromatic heterocycles. The van der Waals surface area contributed by atoms with E-state index in [0.29, 0.717) is 16.9 Å². The van der Waals surface area contributed by atoms with Gasteiger partial charge in [-0.25, -0.2) is 0 Å². The Bertz CT molecular complexity index is 593. The van der Waals surface area contributed by atoms with E-state index in [1.807, 2.05) is 30.3 Å². The van der Waals surface area contributed by atoms with Crippen molar-refractivity contribution in [1.82, 2.24) is 10.2 Å². The van der Waals surface area contributed by atoms with E-state index in [2.05, 4.69) is 10.2 Å². The molecule has 0 fully saturated rings.